The molecule has 2 aromatic heterocycles. The van der Waals surface area contributed by atoms with Crippen LogP contribution >= 0.6 is 0 Å². The van der Waals surface area contributed by atoms with Crippen molar-refractivity contribution in [3.05, 3.63) is 41.9 Å². The number of ether oxygens (including phenoxy) is 2. The minimum absolute atomic E-state index is 0.0728. The molecule has 30 heavy (non-hydrogen) atoms. The van der Waals surface area contributed by atoms with Gasteiger partial charge >= 0.3 is 0 Å². The summed E-state index contributed by atoms with van der Waals surface area (Å²) in [5.74, 6) is 2.40. The fourth-order valence-electron chi connectivity index (χ4n) is 3.12. The van der Waals surface area contributed by atoms with Gasteiger partial charge in [0.2, 0.25) is 11.9 Å². The first-order valence-electron chi connectivity index (χ1n) is 9.93. The van der Waals surface area contributed by atoms with E-state index in [1.54, 1.807) is 18.3 Å². The zero-order valence-electron chi connectivity index (χ0n) is 16.9. The van der Waals surface area contributed by atoms with Crippen molar-refractivity contribution in [2.75, 3.05) is 18.5 Å². The number of aromatic nitrogens is 5. The fraction of sp³-hybridized carbons (Fsp3) is 0.381. The molecule has 3 aromatic rings. The van der Waals surface area contributed by atoms with Gasteiger partial charge in [-0.1, -0.05) is 13.8 Å². The van der Waals surface area contributed by atoms with E-state index in [2.05, 4.69) is 36.5 Å². The van der Waals surface area contributed by atoms with Crippen molar-refractivity contribution < 1.29 is 9.47 Å². The fourth-order valence-corrected chi connectivity index (χ4v) is 3.12. The third-order valence-corrected chi connectivity index (χ3v) is 4.79. The van der Waals surface area contributed by atoms with Gasteiger partial charge in [0.25, 0.3) is 0 Å². The second-order valence-electron chi connectivity index (χ2n) is 7.34. The molecule has 0 radical (unpaired) electrons. The summed E-state index contributed by atoms with van der Waals surface area (Å²) in [4.78, 5) is 13.1. The van der Waals surface area contributed by atoms with Crippen molar-refractivity contribution in [1.29, 1.82) is 5.26 Å². The lowest BCUT2D eigenvalue weighted by molar-refractivity contribution is 0.0254. The van der Waals surface area contributed by atoms with E-state index in [9.17, 15) is 5.26 Å². The van der Waals surface area contributed by atoms with E-state index >= 15 is 0 Å². The van der Waals surface area contributed by atoms with Crippen LogP contribution in [0.4, 0.5) is 11.9 Å². The van der Waals surface area contributed by atoms with Gasteiger partial charge in [-0.3, -0.25) is 10.4 Å². The monoisotopic (exact) mass is 405 g/mol. The number of benzene rings is 1. The molecule has 0 amide bonds. The maximum Gasteiger partial charge on any atom is 0.248 e. The number of anilines is 2. The van der Waals surface area contributed by atoms with E-state index in [0.29, 0.717) is 42.1 Å². The van der Waals surface area contributed by atoms with Crippen molar-refractivity contribution in [1.82, 2.24) is 25.1 Å². The molecule has 1 aliphatic rings. The summed E-state index contributed by atoms with van der Waals surface area (Å²) in [5.41, 5.74) is 1.96. The maximum atomic E-state index is 9.60. The molecule has 9 nitrogen and oxygen atoms in total. The highest BCUT2D eigenvalue weighted by atomic mass is 16.5. The lowest BCUT2D eigenvalue weighted by Crippen LogP contribution is -2.26. The van der Waals surface area contributed by atoms with Crippen LogP contribution in [0.15, 0.2) is 30.5 Å². The van der Waals surface area contributed by atoms with Crippen molar-refractivity contribution in [2.24, 2.45) is 0 Å². The third kappa shape index (κ3) is 4.55. The zero-order valence-corrected chi connectivity index (χ0v) is 16.9. The second kappa shape index (κ2) is 8.88. The minimum atomic E-state index is 0.0728. The Morgan fingerprint density at radius 2 is 2.03 bits per heavy atom. The number of hydrogen-bond acceptors (Lipinski definition) is 8. The van der Waals surface area contributed by atoms with Crippen molar-refractivity contribution in [3.63, 3.8) is 0 Å². The Morgan fingerprint density at radius 3 is 2.77 bits per heavy atom. The van der Waals surface area contributed by atoms with Gasteiger partial charge in [-0.05, 0) is 24.3 Å². The largest absolute Gasteiger partial charge is 0.489 e. The van der Waals surface area contributed by atoms with Crippen LogP contribution in [0.1, 0.15) is 44.0 Å². The Morgan fingerprint density at radius 1 is 1.20 bits per heavy atom. The Hall–Kier alpha value is -3.51. The molecule has 0 aliphatic carbocycles. The molecule has 0 atom stereocenters. The number of nitriles is 1. The molecule has 9 heteroatoms. The van der Waals surface area contributed by atoms with E-state index in [-0.39, 0.29) is 12.0 Å². The highest BCUT2D eigenvalue weighted by Gasteiger charge is 2.17. The molecule has 0 saturated carbocycles. The number of nitrogens with one attached hydrogen (secondary N) is 2. The smallest absolute Gasteiger partial charge is 0.248 e. The number of H-pyrrole nitrogens is 1. The van der Waals surface area contributed by atoms with Gasteiger partial charge in [-0.25, -0.2) is 9.97 Å². The summed E-state index contributed by atoms with van der Waals surface area (Å²) in [5, 5.41) is 19.6. The number of rotatable bonds is 6. The number of hydrogen-bond donors (Lipinski definition) is 2. The van der Waals surface area contributed by atoms with Gasteiger partial charge < -0.3 is 9.47 Å². The molecular formula is C21H23N7O2. The van der Waals surface area contributed by atoms with Gasteiger partial charge in [-0.2, -0.15) is 10.2 Å². The van der Waals surface area contributed by atoms with Gasteiger partial charge in [0, 0.05) is 30.5 Å². The summed E-state index contributed by atoms with van der Waals surface area (Å²) in [6.07, 6.45) is 3.38. The molecule has 0 spiro atoms. The van der Waals surface area contributed by atoms with Gasteiger partial charge in [0.15, 0.2) is 0 Å². The summed E-state index contributed by atoms with van der Waals surface area (Å²) in [7, 11) is 0. The van der Waals surface area contributed by atoms with Gasteiger partial charge in [0.1, 0.15) is 23.7 Å². The molecule has 2 N–H and O–H groups in total. The molecular weight excluding hydrogens is 382 g/mol. The maximum absolute atomic E-state index is 9.60. The highest BCUT2D eigenvalue weighted by molar-refractivity contribution is 5.65. The number of nitrogens with zero attached hydrogens (tertiary/aromatic N) is 5. The summed E-state index contributed by atoms with van der Waals surface area (Å²) in [6.45, 7) is 5.43. The summed E-state index contributed by atoms with van der Waals surface area (Å²) >= 11 is 0. The Labute approximate surface area is 174 Å². The predicted molar refractivity (Wildman–Crippen MR) is 110 cm³/mol. The zero-order chi connectivity index (χ0) is 20.9. The molecule has 1 fully saturated rings. The van der Waals surface area contributed by atoms with Crippen molar-refractivity contribution in [3.8, 4) is 23.1 Å². The molecule has 1 saturated heterocycles. The van der Waals surface area contributed by atoms with Crippen molar-refractivity contribution in [2.45, 2.75) is 38.7 Å². The standard InChI is InChI=1S/C21H23N7O2/c1-13(2)19-25-21(28-27-19)26-20-23-8-5-17(24-20)14-3-4-18(15(11-14)12-22)30-16-6-9-29-10-7-16/h3-5,8,11,13,16H,6-7,9-10H2,1-2H3,(H2,23,24,25,26,27,28). The van der Waals surface area contributed by atoms with E-state index in [1.165, 1.54) is 0 Å². The Bertz CT molecular complexity index is 1050. The summed E-state index contributed by atoms with van der Waals surface area (Å²) < 4.78 is 11.4. The minimum Gasteiger partial charge on any atom is -0.489 e. The number of aromatic amines is 1. The van der Waals surface area contributed by atoms with Crippen LogP contribution in [0, 0.1) is 11.3 Å². The predicted octanol–water partition coefficient (Wildman–Crippen LogP) is 3.56. The summed E-state index contributed by atoms with van der Waals surface area (Å²) in [6, 6.07) is 9.51. The van der Waals surface area contributed by atoms with E-state index < -0.39 is 0 Å². The first-order valence-corrected chi connectivity index (χ1v) is 9.93. The van der Waals surface area contributed by atoms with Crippen LogP contribution in [-0.4, -0.2) is 44.5 Å². The molecule has 1 aliphatic heterocycles. The van der Waals surface area contributed by atoms with Crippen LogP contribution in [-0.2, 0) is 4.74 Å². The highest BCUT2D eigenvalue weighted by Crippen LogP contribution is 2.28. The first kappa shape index (κ1) is 19.8. The van der Waals surface area contributed by atoms with Crippen LogP contribution in [0.5, 0.6) is 5.75 Å². The van der Waals surface area contributed by atoms with E-state index in [4.69, 9.17) is 9.47 Å². The topological polar surface area (TPSA) is 122 Å². The molecule has 154 valence electrons. The molecule has 0 bridgehead atoms. The van der Waals surface area contributed by atoms with Crippen LogP contribution in [0.2, 0.25) is 0 Å². The van der Waals surface area contributed by atoms with Gasteiger partial charge in [-0.15, -0.1) is 5.10 Å². The lowest BCUT2D eigenvalue weighted by Gasteiger charge is -2.23. The lowest BCUT2D eigenvalue weighted by atomic mass is 10.1. The van der Waals surface area contributed by atoms with Crippen LogP contribution in [0.3, 0.4) is 0 Å². The van der Waals surface area contributed by atoms with Crippen LogP contribution in [0.25, 0.3) is 11.3 Å². The third-order valence-electron chi connectivity index (χ3n) is 4.79. The van der Waals surface area contributed by atoms with Crippen LogP contribution < -0.4 is 10.1 Å². The Kier molecular flexibility index (Phi) is 5.86. The average molecular weight is 405 g/mol. The normalized spacial score (nSPS) is 14.5. The molecule has 0 unspecified atom stereocenters. The SMILES string of the molecule is CC(C)c1nc(Nc2nccc(-c3ccc(OC4CCOCC4)c(C#N)c3)n2)n[nH]1. The van der Waals surface area contributed by atoms with E-state index in [0.717, 1.165) is 24.2 Å². The quantitative estimate of drug-likeness (QED) is 0.638. The van der Waals surface area contributed by atoms with Crippen molar-refractivity contribution >= 4 is 11.9 Å². The van der Waals surface area contributed by atoms with E-state index in [1.807, 2.05) is 26.0 Å². The molecule has 3 heterocycles. The molecule has 1 aromatic carbocycles. The second-order valence-corrected chi connectivity index (χ2v) is 7.34. The van der Waals surface area contributed by atoms with Gasteiger partial charge in [0.05, 0.1) is 24.5 Å². The Balaban J connectivity index is 1.53. The average Bonchev–Trinajstić information content (AvgIpc) is 3.24. The first-order chi connectivity index (χ1) is 14.6. The molecule has 4 rings (SSSR count).